The van der Waals surface area contributed by atoms with Crippen LogP contribution in [0.2, 0.25) is 0 Å². The lowest BCUT2D eigenvalue weighted by molar-refractivity contribution is -0.156. The smallest absolute Gasteiger partial charge is 0.313 e. The van der Waals surface area contributed by atoms with E-state index in [9.17, 15) is 27.9 Å². The molecule has 1 unspecified atom stereocenters. The maximum Gasteiger partial charge on any atom is 0.313 e. The maximum atomic E-state index is 15.0. The number of phenols is 1. The molecule has 5 nitrogen and oxygen atoms in total. The molecule has 1 atom stereocenters. The van der Waals surface area contributed by atoms with Gasteiger partial charge in [-0.2, -0.15) is 0 Å². The van der Waals surface area contributed by atoms with Crippen molar-refractivity contribution in [3.63, 3.8) is 0 Å². The van der Waals surface area contributed by atoms with E-state index < -0.39 is 46.6 Å². The number of ether oxygens (including phenoxy) is 1. The van der Waals surface area contributed by atoms with Gasteiger partial charge in [0.25, 0.3) is 5.91 Å². The molecule has 3 rings (SSSR count). The van der Waals surface area contributed by atoms with Crippen LogP contribution in [0.4, 0.5) is 13.2 Å². The van der Waals surface area contributed by atoms with Crippen molar-refractivity contribution in [2.75, 3.05) is 0 Å². The average Bonchev–Trinajstić information content (AvgIpc) is 2.95. The minimum atomic E-state index is -1.30. The van der Waals surface area contributed by atoms with Crippen molar-refractivity contribution in [2.45, 2.75) is 46.1 Å². The molecular weight excluding hydrogens is 411 g/mol. The molecule has 31 heavy (non-hydrogen) atoms. The third kappa shape index (κ3) is 4.02. The second-order valence-electron chi connectivity index (χ2n) is 8.32. The number of hydrogen-bond acceptors (Lipinski definition) is 4. The molecule has 3 aromatic rings. The normalized spacial score (nSPS) is 12.8. The van der Waals surface area contributed by atoms with Crippen LogP contribution in [0.5, 0.6) is 5.75 Å². The molecule has 0 aliphatic heterocycles. The van der Waals surface area contributed by atoms with Crippen molar-refractivity contribution < 1.29 is 32.6 Å². The molecule has 1 aromatic heterocycles. The summed E-state index contributed by atoms with van der Waals surface area (Å²) in [6.45, 7) is 7.93. The second kappa shape index (κ2) is 7.76. The predicted molar refractivity (Wildman–Crippen MR) is 109 cm³/mol. The number of carbonyl (C=O) groups is 2. The van der Waals surface area contributed by atoms with Gasteiger partial charge in [-0.1, -0.05) is 6.07 Å². The molecule has 1 N–H and O–H groups in total. The number of rotatable bonds is 3. The molecule has 0 spiro atoms. The van der Waals surface area contributed by atoms with Crippen LogP contribution in [0.3, 0.4) is 0 Å². The predicted octanol–water partition coefficient (Wildman–Crippen LogP) is 5.21. The first-order valence-electron chi connectivity index (χ1n) is 9.58. The fraction of sp³-hybridized carbons (Fsp3) is 0.304. The Morgan fingerprint density at radius 2 is 1.77 bits per heavy atom. The van der Waals surface area contributed by atoms with Crippen LogP contribution >= 0.6 is 0 Å². The van der Waals surface area contributed by atoms with Crippen LogP contribution in [0.1, 0.15) is 55.2 Å². The van der Waals surface area contributed by atoms with Crippen molar-refractivity contribution in [1.29, 1.82) is 0 Å². The van der Waals surface area contributed by atoms with E-state index >= 15 is 0 Å². The van der Waals surface area contributed by atoms with E-state index in [0.29, 0.717) is 0 Å². The maximum absolute atomic E-state index is 15.0. The molecule has 0 fully saturated rings. The van der Waals surface area contributed by atoms with Gasteiger partial charge in [-0.15, -0.1) is 0 Å². The number of esters is 1. The van der Waals surface area contributed by atoms with Crippen LogP contribution in [-0.2, 0) is 9.53 Å². The summed E-state index contributed by atoms with van der Waals surface area (Å²) in [6, 6.07) is 5.66. The van der Waals surface area contributed by atoms with Gasteiger partial charge in [0.2, 0.25) is 0 Å². The zero-order valence-corrected chi connectivity index (χ0v) is 17.7. The summed E-state index contributed by atoms with van der Waals surface area (Å²) in [6.07, 6.45) is 0. The van der Waals surface area contributed by atoms with E-state index in [1.807, 2.05) is 0 Å². The van der Waals surface area contributed by atoms with Gasteiger partial charge in [-0.05, 0) is 58.4 Å². The molecule has 8 heteroatoms. The summed E-state index contributed by atoms with van der Waals surface area (Å²) in [5.74, 6) is -6.91. The van der Waals surface area contributed by atoms with Gasteiger partial charge in [0.05, 0.1) is 11.4 Å². The van der Waals surface area contributed by atoms with Gasteiger partial charge < -0.3 is 9.84 Å². The first kappa shape index (κ1) is 22.4. The SMILES string of the molecule is Cc1c(C(C)C(=O)OC(C)(C)C)c2c(F)c(O)c(F)cc2n1C(=O)c1cccc(F)c1. The highest BCUT2D eigenvalue weighted by molar-refractivity contribution is 6.05. The number of phenolic OH excluding ortho intramolecular Hbond substituents is 1. The van der Waals surface area contributed by atoms with Gasteiger partial charge in [0.1, 0.15) is 11.4 Å². The zero-order valence-electron chi connectivity index (χ0n) is 17.7. The van der Waals surface area contributed by atoms with Crippen molar-refractivity contribution in [3.05, 3.63) is 64.6 Å². The Hall–Kier alpha value is -3.29. The van der Waals surface area contributed by atoms with Crippen molar-refractivity contribution in [2.24, 2.45) is 0 Å². The zero-order chi connectivity index (χ0) is 23.2. The van der Waals surface area contributed by atoms with Crippen molar-refractivity contribution in [1.82, 2.24) is 4.57 Å². The van der Waals surface area contributed by atoms with E-state index in [1.54, 1.807) is 20.8 Å². The molecule has 0 saturated carbocycles. The molecule has 0 saturated heterocycles. The Kier molecular flexibility index (Phi) is 5.60. The summed E-state index contributed by atoms with van der Waals surface area (Å²) in [5, 5.41) is 9.54. The summed E-state index contributed by atoms with van der Waals surface area (Å²) in [4.78, 5) is 25.8. The molecular formula is C23H22F3NO4. The molecule has 0 radical (unpaired) electrons. The number of benzene rings is 2. The van der Waals surface area contributed by atoms with Gasteiger partial charge in [-0.25, -0.2) is 13.2 Å². The van der Waals surface area contributed by atoms with Gasteiger partial charge in [0, 0.05) is 22.7 Å². The van der Waals surface area contributed by atoms with Crippen LogP contribution < -0.4 is 0 Å². The van der Waals surface area contributed by atoms with E-state index in [1.165, 1.54) is 26.0 Å². The monoisotopic (exact) mass is 433 g/mol. The Balaban J connectivity index is 2.31. The van der Waals surface area contributed by atoms with Gasteiger partial charge in [0.15, 0.2) is 17.4 Å². The molecule has 0 aliphatic rings. The second-order valence-corrected chi connectivity index (χ2v) is 8.32. The van der Waals surface area contributed by atoms with E-state index in [2.05, 4.69) is 0 Å². The van der Waals surface area contributed by atoms with Crippen LogP contribution in [-0.4, -0.2) is 27.2 Å². The third-order valence-corrected chi connectivity index (χ3v) is 4.88. The number of nitrogens with zero attached hydrogens (tertiary/aromatic N) is 1. The fourth-order valence-electron chi connectivity index (χ4n) is 3.56. The van der Waals surface area contributed by atoms with E-state index in [-0.39, 0.29) is 27.7 Å². The lowest BCUT2D eigenvalue weighted by Crippen LogP contribution is -2.27. The Labute approximate surface area is 177 Å². The molecule has 164 valence electrons. The average molecular weight is 433 g/mol. The van der Waals surface area contributed by atoms with Crippen LogP contribution in [0.15, 0.2) is 30.3 Å². The number of hydrogen-bond donors (Lipinski definition) is 1. The summed E-state index contributed by atoms with van der Waals surface area (Å²) in [7, 11) is 0. The highest BCUT2D eigenvalue weighted by Gasteiger charge is 2.32. The third-order valence-electron chi connectivity index (χ3n) is 4.88. The molecule has 0 amide bonds. The van der Waals surface area contributed by atoms with E-state index in [0.717, 1.165) is 22.8 Å². The number of aromatic nitrogens is 1. The lowest BCUT2D eigenvalue weighted by atomic mass is 9.97. The summed E-state index contributed by atoms with van der Waals surface area (Å²) in [5.41, 5.74) is -0.842. The van der Waals surface area contributed by atoms with Crippen LogP contribution in [0.25, 0.3) is 10.9 Å². The molecule has 0 aliphatic carbocycles. The largest absolute Gasteiger partial charge is 0.503 e. The molecule has 2 aromatic carbocycles. The van der Waals surface area contributed by atoms with Gasteiger partial charge in [-0.3, -0.25) is 14.2 Å². The molecule has 1 heterocycles. The fourth-order valence-corrected chi connectivity index (χ4v) is 3.56. The number of aromatic hydroxyl groups is 1. The van der Waals surface area contributed by atoms with Crippen molar-refractivity contribution >= 4 is 22.8 Å². The quantitative estimate of drug-likeness (QED) is 0.576. The molecule has 0 bridgehead atoms. The standard InChI is InChI=1S/C23H22F3NO4/c1-11(22(30)31-23(3,4)5)17-12(2)27(21(29)13-7-6-8-14(24)9-13)16-10-15(25)20(28)19(26)18(16)17/h6-11,28H,1-5H3. The first-order chi connectivity index (χ1) is 14.3. The minimum Gasteiger partial charge on any atom is -0.503 e. The lowest BCUT2D eigenvalue weighted by Gasteiger charge is -2.22. The number of fused-ring (bicyclic) bond motifs is 1. The Morgan fingerprint density at radius 3 is 2.35 bits per heavy atom. The number of carbonyl (C=O) groups excluding carboxylic acids is 2. The summed E-state index contributed by atoms with van der Waals surface area (Å²) < 4.78 is 49.2. The first-order valence-corrected chi connectivity index (χ1v) is 9.58. The highest BCUT2D eigenvalue weighted by Crippen LogP contribution is 2.39. The number of halogens is 3. The highest BCUT2D eigenvalue weighted by atomic mass is 19.1. The summed E-state index contributed by atoms with van der Waals surface area (Å²) >= 11 is 0. The van der Waals surface area contributed by atoms with Gasteiger partial charge >= 0.3 is 5.97 Å². The minimum absolute atomic E-state index is 0.0506. The Morgan fingerprint density at radius 1 is 1.13 bits per heavy atom. The van der Waals surface area contributed by atoms with Crippen molar-refractivity contribution in [3.8, 4) is 5.75 Å². The Bertz CT molecular complexity index is 1210. The van der Waals surface area contributed by atoms with E-state index in [4.69, 9.17) is 4.74 Å². The van der Waals surface area contributed by atoms with Crippen LogP contribution in [0, 0.1) is 24.4 Å². The topological polar surface area (TPSA) is 68.5 Å².